The molecule has 0 unspecified atom stereocenters. The lowest BCUT2D eigenvalue weighted by molar-refractivity contribution is -0.137. The number of halogens is 4. The van der Waals surface area contributed by atoms with Crippen LogP contribution in [0.1, 0.15) is 5.56 Å². The summed E-state index contributed by atoms with van der Waals surface area (Å²) in [6, 6.07) is 8.86. The lowest BCUT2D eigenvalue weighted by Crippen LogP contribution is -2.21. The Labute approximate surface area is 136 Å². The monoisotopic (exact) mass is 363 g/mol. The second-order valence-corrected chi connectivity index (χ2v) is 6.64. The van der Waals surface area contributed by atoms with Crippen molar-refractivity contribution in [2.24, 2.45) is 0 Å². The van der Waals surface area contributed by atoms with Crippen LogP contribution in [0.15, 0.2) is 48.5 Å². The molecule has 0 heterocycles. The lowest BCUT2D eigenvalue weighted by atomic mass is 10.2. The third-order valence-corrected chi connectivity index (χ3v) is 4.15. The number of hydrogen-bond acceptors (Lipinski definition) is 3. The van der Waals surface area contributed by atoms with E-state index in [4.69, 9.17) is 4.74 Å². The van der Waals surface area contributed by atoms with Crippen LogP contribution in [-0.2, 0) is 16.2 Å². The molecule has 1 N–H and O–H groups in total. The van der Waals surface area contributed by atoms with E-state index in [0.29, 0.717) is 6.07 Å². The zero-order valence-corrected chi connectivity index (χ0v) is 13.0. The molecule has 2 rings (SSSR count). The highest BCUT2D eigenvalue weighted by atomic mass is 32.2. The van der Waals surface area contributed by atoms with Crippen LogP contribution in [0, 0.1) is 5.82 Å². The number of nitrogens with one attached hydrogen (secondary N) is 1. The minimum Gasteiger partial charge on any atom is -0.492 e. The Morgan fingerprint density at radius 3 is 2.33 bits per heavy atom. The summed E-state index contributed by atoms with van der Waals surface area (Å²) in [6.45, 7) is -0.236. The second kappa shape index (κ2) is 7.08. The van der Waals surface area contributed by atoms with Crippen molar-refractivity contribution in [3.63, 3.8) is 0 Å². The molecule has 0 amide bonds. The maximum Gasteiger partial charge on any atom is 0.416 e. The van der Waals surface area contributed by atoms with Gasteiger partial charge in [0.1, 0.15) is 23.9 Å². The van der Waals surface area contributed by atoms with Gasteiger partial charge in [-0.1, -0.05) is 6.07 Å². The molecule has 0 aliphatic carbocycles. The van der Waals surface area contributed by atoms with E-state index in [1.807, 2.05) is 0 Å². The van der Waals surface area contributed by atoms with Gasteiger partial charge in [-0.15, -0.1) is 0 Å². The Balaban J connectivity index is 1.95. The van der Waals surface area contributed by atoms with Gasteiger partial charge in [-0.2, -0.15) is 13.2 Å². The normalized spacial score (nSPS) is 12.0. The van der Waals surface area contributed by atoms with Gasteiger partial charge in [0, 0.05) is 5.69 Å². The number of sulfonamides is 1. The molecule has 2 aromatic rings. The molecule has 24 heavy (non-hydrogen) atoms. The van der Waals surface area contributed by atoms with Crippen molar-refractivity contribution in [3.05, 3.63) is 59.9 Å². The molecular formula is C15H13F4NO3S. The molecule has 0 bridgehead atoms. The first-order valence-electron chi connectivity index (χ1n) is 6.72. The molecular weight excluding hydrogens is 350 g/mol. The van der Waals surface area contributed by atoms with E-state index < -0.39 is 33.3 Å². The van der Waals surface area contributed by atoms with Crippen molar-refractivity contribution >= 4 is 15.7 Å². The molecule has 0 spiro atoms. The van der Waals surface area contributed by atoms with Gasteiger partial charge in [0.05, 0.1) is 5.56 Å². The Bertz CT molecular complexity index is 789. The predicted molar refractivity (Wildman–Crippen MR) is 80.7 cm³/mol. The van der Waals surface area contributed by atoms with Gasteiger partial charge >= 0.3 is 6.18 Å². The lowest BCUT2D eigenvalue weighted by Gasteiger charge is -2.11. The Morgan fingerprint density at radius 1 is 1.04 bits per heavy atom. The quantitative estimate of drug-likeness (QED) is 0.797. The molecule has 0 fully saturated rings. The highest BCUT2D eigenvalue weighted by Gasteiger charge is 2.30. The van der Waals surface area contributed by atoms with Crippen molar-refractivity contribution in [2.75, 3.05) is 17.1 Å². The van der Waals surface area contributed by atoms with Crippen molar-refractivity contribution in [2.45, 2.75) is 6.18 Å². The summed E-state index contributed by atoms with van der Waals surface area (Å²) in [5, 5.41) is 0. The van der Waals surface area contributed by atoms with Gasteiger partial charge in [0.25, 0.3) is 0 Å². The molecule has 130 valence electrons. The van der Waals surface area contributed by atoms with Crippen molar-refractivity contribution in [1.29, 1.82) is 0 Å². The molecule has 4 nitrogen and oxygen atoms in total. The predicted octanol–water partition coefficient (Wildman–Crippen LogP) is 3.67. The van der Waals surface area contributed by atoms with E-state index >= 15 is 0 Å². The second-order valence-electron chi connectivity index (χ2n) is 4.80. The number of ether oxygens (including phenoxy) is 1. The molecule has 0 aliphatic heterocycles. The number of rotatable bonds is 6. The first-order chi connectivity index (χ1) is 11.2. The fourth-order valence-electron chi connectivity index (χ4n) is 1.79. The van der Waals surface area contributed by atoms with E-state index in [-0.39, 0.29) is 18.0 Å². The summed E-state index contributed by atoms with van der Waals surface area (Å²) >= 11 is 0. The van der Waals surface area contributed by atoms with Crippen LogP contribution < -0.4 is 9.46 Å². The highest BCUT2D eigenvalue weighted by Crippen LogP contribution is 2.30. The molecule has 2 aromatic carbocycles. The van der Waals surface area contributed by atoms with Gasteiger partial charge < -0.3 is 4.74 Å². The fourth-order valence-corrected chi connectivity index (χ4v) is 2.68. The summed E-state index contributed by atoms with van der Waals surface area (Å²) < 4.78 is 81.5. The van der Waals surface area contributed by atoms with Crippen LogP contribution in [0.2, 0.25) is 0 Å². The summed E-state index contributed by atoms with van der Waals surface area (Å²) in [5.41, 5.74) is -1.14. The van der Waals surface area contributed by atoms with Crippen LogP contribution in [0.4, 0.5) is 23.2 Å². The summed E-state index contributed by atoms with van der Waals surface area (Å²) in [4.78, 5) is 0. The van der Waals surface area contributed by atoms with Gasteiger partial charge in [0.2, 0.25) is 10.0 Å². The van der Waals surface area contributed by atoms with Crippen molar-refractivity contribution < 1.29 is 30.7 Å². The number of alkyl halides is 3. The average molecular weight is 363 g/mol. The van der Waals surface area contributed by atoms with Gasteiger partial charge in [-0.3, -0.25) is 4.72 Å². The third kappa shape index (κ3) is 5.41. The van der Waals surface area contributed by atoms with Crippen LogP contribution in [-0.4, -0.2) is 20.8 Å². The van der Waals surface area contributed by atoms with Gasteiger partial charge in [0.15, 0.2) is 0 Å². The smallest absolute Gasteiger partial charge is 0.416 e. The van der Waals surface area contributed by atoms with E-state index in [2.05, 4.69) is 4.72 Å². The first kappa shape index (κ1) is 18.1. The zero-order chi connectivity index (χ0) is 17.8. The minimum absolute atomic E-state index is 0.188. The Kier molecular flexibility index (Phi) is 5.33. The Hall–Kier alpha value is -2.29. The van der Waals surface area contributed by atoms with Gasteiger partial charge in [-0.25, -0.2) is 12.8 Å². The van der Waals surface area contributed by atoms with Crippen LogP contribution >= 0.6 is 0 Å². The molecule has 0 atom stereocenters. The number of anilines is 1. The standard InChI is InChI=1S/C15H13F4NO3S/c16-12-4-6-14(7-5-12)23-8-9-24(21,22)20-13-3-1-2-11(10-13)15(17,18)19/h1-7,10,20H,8-9H2. The Morgan fingerprint density at radius 2 is 1.71 bits per heavy atom. The molecule has 9 heteroatoms. The number of benzene rings is 2. The van der Waals surface area contributed by atoms with E-state index in [9.17, 15) is 26.0 Å². The topological polar surface area (TPSA) is 55.4 Å². The van der Waals surface area contributed by atoms with Crippen molar-refractivity contribution in [1.82, 2.24) is 0 Å². The number of hydrogen-bond donors (Lipinski definition) is 1. The summed E-state index contributed by atoms with van der Waals surface area (Å²) in [5.74, 6) is -0.646. The van der Waals surface area contributed by atoms with E-state index in [1.54, 1.807) is 0 Å². The van der Waals surface area contributed by atoms with Crippen LogP contribution in [0.5, 0.6) is 5.75 Å². The highest BCUT2D eigenvalue weighted by molar-refractivity contribution is 7.92. The largest absolute Gasteiger partial charge is 0.492 e. The third-order valence-electron chi connectivity index (χ3n) is 2.90. The average Bonchev–Trinajstić information content (AvgIpc) is 2.48. The molecule has 0 radical (unpaired) electrons. The molecule has 0 saturated carbocycles. The fraction of sp³-hybridized carbons (Fsp3) is 0.200. The van der Waals surface area contributed by atoms with E-state index in [1.165, 1.54) is 18.2 Å². The SMILES string of the molecule is O=S(=O)(CCOc1ccc(F)cc1)Nc1cccc(C(F)(F)F)c1. The maximum absolute atomic E-state index is 12.7. The molecule has 0 aliphatic rings. The van der Waals surface area contributed by atoms with Crippen molar-refractivity contribution in [3.8, 4) is 5.75 Å². The molecule has 0 saturated heterocycles. The molecule has 0 aromatic heterocycles. The van der Waals surface area contributed by atoms with Crippen LogP contribution in [0.25, 0.3) is 0 Å². The van der Waals surface area contributed by atoms with Crippen LogP contribution in [0.3, 0.4) is 0 Å². The summed E-state index contributed by atoms with van der Waals surface area (Å²) in [6.07, 6.45) is -4.56. The minimum atomic E-state index is -4.56. The van der Waals surface area contributed by atoms with E-state index in [0.717, 1.165) is 24.3 Å². The summed E-state index contributed by atoms with van der Waals surface area (Å²) in [7, 11) is -3.89. The maximum atomic E-state index is 12.7. The zero-order valence-electron chi connectivity index (χ0n) is 12.2. The van der Waals surface area contributed by atoms with Gasteiger partial charge in [-0.05, 0) is 42.5 Å². The first-order valence-corrected chi connectivity index (χ1v) is 8.37.